The molecule has 0 radical (unpaired) electrons. The molecule has 2 rings (SSSR count). The minimum Gasteiger partial charge on any atom is -0.441 e. The Bertz CT molecular complexity index is 391. The molecule has 98 valence electrons. The molecule has 1 aromatic rings. The SMILES string of the molecule is CCCCN1C[C@@H](C)[C@@H](c2ccccc2)OC1=O. The summed E-state index contributed by atoms with van der Waals surface area (Å²) in [6.45, 7) is 5.87. The first kappa shape index (κ1) is 12.9. The van der Waals surface area contributed by atoms with Crippen molar-refractivity contribution in [3.63, 3.8) is 0 Å². The largest absolute Gasteiger partial charge is 0.441 e. The lowest BCUT2D eigenvalue weighted by atomic mass is 9.95. The van der Waals surface area contributed by atoms with Gasteiger partial charge in [-0.2, -0.15) is 0 Å². The van der Waals surface area contributed by atoms with Gasteiger partial charge in [0, 0.05) is 19.0 Å². The highest BCUT2D eigenvalue weighted by Gasteiger charge is 2.33. The topological polar surface area (TPSA) is 29.5 Å². The molecule has 1 aromatic carbocycles. The van der Waals surface area contributed by atoms with E-state index in [1.54, 1.807) is 0 Å². The molecule has 0 spiro atoms. The molecular formula is C15H21NO2. The maximum absolute atomic E-state index is 11.9. The summed E-state index contributed by atoms with van der Waals surface area (Å²) in [6.07, 6.45) is 1.87. The van der Waals surface area contributed by atoms with Crippen LogP contribution in [-0.4, -0.2) is 24.1 Å². The summed E-state index contributed by atoms with van der Waals surface area (Å²) in [5, 5.41) is 0. The van der Waals surface area contributed by atoms with Crippen LogP contribution in [0.25, 0.3) is 0 Å². The predicted molar refractivity (Wildman–Crippen MR) is 71.3 cm³/mol. The quantitative estimate of drug-likeness (QED) is 0.813. The molecule has 3 heteroatoms. The minimum absolute atomic E-state index is 0.100. The average Bonchev–Trinajstić information content (AvgIpc) is 2.40. The maximum Gasteiger partial charge on any atom is 0.410 e. The summed E-state index contributed by atoms with van der Waals surface area (Å²) in [4.78, 5) is 13.8. The average molecular weight is 247 g/mol. The van der Waals surface area contributed by atoms with E-state index >= 15 is 0 Å². The molecule has 1 aliphatic heterocycles. The Balaban J connectivity index is 2.03. The van der Waals surface area contributed by atoms with E-state index in [9.17, 15) is 4.79 Å². The van der Waals surface area contributed by atoms with E-state index in [1.807, 2.05) is 35.2 Å². The second kappa shape index (κ2) is 5.89. The van der Waals surface area contributed by atoms with Crippen LogP contribution in [0.15, 0.2) is 30.3 Å². The smallest absolute Gasteiger partial charge is 0.410 e. The van der Waals surface area contributed by atoms with Crippen molar-refractivity contribution in [2.45, 2.75) is 32.8 Å². The molecule has 0 unspecified atom stereocenters. The van der Waals surface area contributed by atoms with Crippen molar-refractivity contribution in [3.8, 4) is 0 Å². The standard InChI is InChI=1S/C15H21NO2/c1-3-4-10-16-11-12(2)14(18-15(16)17)13-8-6-5-7-9-13/h5-9,12,14H,3-4,10-11H2,1-2H3/t12-,14+/m1/s1. The first-order valence-electron chi connectivity index (χ1n) is 6.73. The molecule has 0 aliphatic carbocycles. The highest BCUT2D eigenvalue weighted by molar-refractivity contribution is 5.68. The maximum atomic E-state index is 11.9. The van der Waals surface area contributed by atoms with Crippen molar-refractivity contribution in [2.24, 2.45) is 5.92 Å². The zero-order chi connectivity index (χ0) is 13.0. The lowest BCUT2D eigenvalue weighted by Gasteiger charge is -2.36. The number of carbonyl (C=O) groups is 1. The summed E-state index contributed by atoms with van der Waals surface area (Å²) in [5.74, 6) is 0.335. The Morgan fingerprint density at radius 3 is 2.72 bits per heavy atom. The first-order valence-corrected chi connectivity index (χ1v) is 6.73. The van der Waals surface area contributed by atoms with Gasteiger partial charge < -0.3 is 9.64 Å². The Kier molecular flexibility index (Phi) is 4.24. The van der Waals surface area contributed by atoms with Crippen LogP contribution >= 0.6 is 0 Å². The molecule has 0 N–H and O–H groups in total. The van der Waals surface area contributed by atoms with Gasteiger partial charge in [0.05, 0.1) is 0 Å². The number of benzene rings is 1. The molecule has 2 atom stereocenters. The van der Waals surface area contributed by atoms with Gasteiger partial charge in [0.15, 0.2) is 0 Å². The van der Waals surface area contributed by atoms with Crippen molar-refractivity contribution in [1.29, 1.82) is 0 Å². The number of carbonyl (C=O) groups excluding carboxylic acids is 1. The van der Waals surface area contributed by atoms with E-state index in [0.717, 1.165) is 31.5 Å². The molecule has 0 aromatic heterocycles. The first-order chi connectivity index (χ1) is 8.72. The number of hydrogen-bond acceptors (Lipinski definition) is 2. The third-order valence-electron chi connectivity index (χ3n) is 3.42. The van der Waals surface area contributed by atoms with Crippen LogP contribution in [-0.2, 0) is 4.74 Å². The van der Waals surface area contributed by atoms with Gasteiger partial charge in [-0.3, -0.25) is 0 Å². The third-order valence-corrected chi connectivity index (χ3v) is 3.42. The number of cyclic esters (lactones) is 1. The van der Waals surface area contributed by atoms with Gasteiger partial charge in [-0.25, -0.2) is 4.79 Å². The number of unbranched alkanes of at least 4 members (excludes halogenated alkanes) is 1. The van der Waals surface area contributed by atoms with Crippen LogP contribution in [0.1, 0.15) is 38.4 Å². The van der Waals surface area contributed by atoms with Crippen LogP contribution in [0.5, 0.6) is 0 Å². The van der Waals surface area contributed by atoms with Gasteiger partial charge in [-0.05, 0) is 12.0 Å². The third kappa shape index (κ3) is 2.84. The second-order valence-electron chi connectivity index (χ2n) is 4.99. The molecule has 1 heterocycles. The summed E-state index contributed by atoms with van der Waals surface area (Å²) in [5.41, 5.74) is 1.09. The fourth-order valence-corrected chi connectivity index (χ4v) is 2.39. The number of hydrogen-bond donors (Lipinski definition) is 0. The van der Waals surface area contributed by atoms with Gasteiger partial charge >= 0.3 is 6.09 Å². The van der Waals surface area contributed by atoms with E-state index in [2.05, 4.69) is 13.8 Å². The molecular weight excluding hydrogens is 226 g/mol. The highest BCUT2D eigenvalue weighted by atomic mass is 16.6. The molecule has 1 amide bonds. The van der Waals surface area contributed by atoms with Gasteiger partial charge in [-0.1, -0.05) is 50.6 Å². The number of rotatable bonds is 4. The Morgan fingerprint density at radius 1 is 1.33 bits per heavy atom. The van der Waals surface area contributed by atoms with E-state index in [0.29, 0.717) is 5.92 Å². The van der Waals surface area contributed by atoms with Crippen LogP contribution in [0.3, 0.4) is 0 Å². The Hall–Kier alpha value is -1.51. The molecule has 0 bridgehead atoms. The van der Waals surface area contributed by atoms with Crippen molar-refractivity contribution in [3.05, 3.63) is 35.9 Å². The Labute approximate surface area is 109 Å². The van der Waals surface area contributed by atoms with Gasteiger partial charge in [-0.15, -0.1) is 0 Å². The van der Waals surface area contributed by atoms with Gasteiger partial charge in [0.1, 0.15) is 6.10 Å². The normalized spacial score (nSPS) is 23.9. The molecule has 0 saturated carbocycles. The monoisotopic (exact) mass is 247 g/mol. The fraction of sp³-hybridized carbons (Fsp3) is 0.533. The summed E-state index contributed by atoms with van der Waals surface area (Å²) in [7, 11) is 0. The molecule has 1 saturated heterocycles. The van der Waals surface area contributed by atoms with E-state index in [1.165, 1.54) is 0 Å². The van der Waals surface area contributed by atoms with Crippen LogP contribution in [0, 0.1) is 5.92 Å². The zero-order valence-electron chi connectivity index (χ0n) is 11.1. The lowest BCUT2D eigenvalue weighted by molar-refractivity contribution is -0.00798. The summed E-state index contributed by atoms with van der Waals surface area (Å²) < 4.78 is 5.58. The van der Waals surface area contributed by atoms with Crippen LogP contribution in [0.2, 0.25) is 0 Å². The molecule has 18 heavy (non-hydrogen) atoms. The number of ether oxygens (including phenoxy) is 1. The zero-order valence-corrected chi connectivity index (χ0v) is 11.1. The molecule has 1 aliphatic rings. The van der Waals surface area contributed by atoms with Gasteiger partial charge in [0.2, 0.25) is 0 Å². The van der Waals surface area contributed by atoms with Crippen molar-refractivity contribution >= 4 is 6.09 Å². The molecule has 3 nitrogen and oxygen atoms in total. The van der Waals surface area contributed by atoms with Crippen LogP contribution < -0.4 is 0 Å². The minimum atomic E-state index is -0.171. The van der Waals surface area contributed by atoms with Crippen molar-refractivity contribution in [2.75, 3.05) is 13.1 Å². The number of amides is 1. The second-order valence-corrected chi connectivity index (χ2v) is 4.99. The number of nitrogens with zero attached hydrogens (tertiary/aromatic N) is 1. The van der Waals surface area contributed by atoms with Crippen molar-refractivity contribution < 1.29 is 9.53 Å². The van der Waals surface area contributed by atoms with E-state index < -0.39 is 0 Å². The van der Waals surface area contributed by atoms with E-state index in [4.69, 9.17) is 4.74 Å². The van der Waals surface area contributed by atoms with Gasteiger partial charge in [0.25, 0.3) is 0 Å². The van der Waals surface area contributed by atoms with E-state index in [-0.39, 0.29) is 12.2 Å². The highest BCUT2D eigenvalue weighted by Crippen LogP contribution is 2.31. The fourth-order valence-electron chi connectivity index (χ4n) is 2.39. The Morgan fingerprint density at radius 2 is 2.06 bits per heavy atom. The predicted octanol–water partition coefficient (Wildman–Crippen LogP) is 3.62. The molecule has 1 fully saturated rings. The lowest BCUT2D eigenvalue weighted by Crippen LogP contribution is -2.44. The van der Waals surface area contributed by atoms with Crippen molar-refractivity contribution in [1.82, 2.24) is 4.90 Å². The summed E-state index contributed by atoms with van der Waals surface area (Å²) in [6, 6.07) is 10.00. The van der Waals surface area contributed by atoms with Crippen LogP contribution in [0.4, 0.5) is 4.79 Å². The summed E-state index contributed by atoms with van der Waals surface area (Å²) >= 11 is 0.